The monoisotopic (exact) mass is 459 g/mol. The first-order chi connectivity index (χ1) is 16.1. The molecule has 0 aliphatic heterocycles. The Hall–Kier alpha value is -3.25. The molecule has 0 saturated heterocycles. The molecule has 170 valence electrons. The second-order valence-corrected chi connectivity index (χ2v) is 9.19. The lowest BCUT2D eigenvalue weighted by Crippen LogP contribution is -2.30. The molecule has 0 fully saturated rings. The van der Waals surface area contributed by atoms with Gasteiger partial charge < -0.3 is 4.74 Å². The normalized spacial score (nSPS) is 11.0. The molecule has 5 nitrogen and oxygen atoms in total. The third-order valence-electron chi connectivity index (χ3n) is 5.73. The van der Waals surface area contributed by atoms with Gasteiger partial charge in [0.1, 0.15) is 5.75 Å². The molecule has 4 rings (SSSR count). The van der Waals surface area contributed by atoms with Gasteiger partial charge in [0.05, 0.1) is 23.4 Å². The van der Waals surface area contributed by atoms with E-state index in [9.17, 15) is 4.79 Å². The third-order valence-corrected chi connectivity index (χ3v) is 6.77. The molecule has 2 heterocycles. The predicted molar refractivity (Wildman–Crippen MR) is 135 cm³/mol. The number of hydrogen-bond donors (Lipinski definition) is 0. The Morgan fingerprint density at radius 2 is 1.88 bits per heavy atom. The Labute approximate surface area is 199 Å². The number of anilines is 1. The number of pyridine rings is 1. The molecule has 0 bridgehead atoms. The van der Waals surface area contributed by atoms with Crippen LogP contribution in [-0.2, 0) is 6.54 Å². The van der Waals surface area contributed by atoms with Crippen LogP contribution in [0.5, 0.6) is 5.75 Å². The van der Waals surface area contributed by atoms with Gasteiger partial charge in [0.25, 0.3) is 5.91 Å². The summed E-state index contributed by atoms with van der Waals surface area (Å²) in [6, 6.07) is 15.4. The van der Waals surface area contributed by atoms with Gasteiger partial charge in [-0.3, -0.25) is 14.7 Å². The molecule has 0 atom stereocenters. The minimum atomic E-state index is -0.0928. The van der Waals surface area contributed by atoms with Crippen LogP contribution in [0.1, 0.15) is 53.2 Å². The minimum absolute atomic E-state index is 0.0928. The number of aryl methyl sites for hydroxylation is 2. The lowest BCUT2D eigenvalue weighted by Gasteiger charge is -2.20. The maximum atomic E-state index is 13.6. The summed E-state index contributed by atoms with van der Waals surface area (Å²) in [5, 5.41) is 0.687. The largest absolute Gasteiger partial charge is 0.494 e. The van der Waals surface area contributed by atoms with Crippen LogP contribution in [0.25, 0.3) is 10.2 Å². The van der Waals surface area contributed by atoms with Gasteiger partial charge in [0.2, 0.25) is 0 Å². The highest BCUT2D eigenvalue weighted by Gasteiger charge is 2.22. The van der Waals surface area contributed by atoms with Crippen molar-refractivity contribution >= 4 is 32.6 Å². The zero-order valence-electron chi connectivity index (χ0n) is 19.4. The number of amides is 1. The number of aromatic nitrogens is 2. The maximum Gasteiger partial charge on any atom is 0.260 e. The summed E-state index contributed by atoms with van der Waals surface area (Å²) in [5.74, 6) is 0.692. The summed E-state index contributed by atoms with van der Waals surface area (Å²) in [6.07, 6.45) is 6.87. The van der Waals surface area contributed by atoms with Crippen LogP contribution in [-0.4, -0.2) is 22.5 Å². The molecule has 1 amide bonds. The molecule has 0 radical (unpaired) electrons. The minimum Gasteiger partial charge on any atom is -0.494 e. The van der Waals surface area contributed by atoms with Crippen LogP contribution in [0.4, 0.5) is 5.13 Å². The van der Waals surface area contributed by atoms with E-state index in [0.29, 0.717) is 23.8 Å². The van der Waals surface area contributed by atoms with Crippen molar-refractivity contribution in [3.63, 3.8) is 0 Å². The number of ether oxygens (including phenoxy) is 1. The quantitative estimate of drug-likeness (QED) is 0.261. The summed E-state index contributed by atoms with van der Waals surface area (Å²) < 4.78 is 6.88. The average molecular weight is 460 g/mol. The van der Waals surface area contributed by atoms with Crippen LogP contribution in [0.2, 0.25) is 0 Å². The highest BCUT2D eigenvalue weighted by Crippen LogP contribution is 2.33. The number of unbranched alkanes of at least 4 members (excludes halogenated alkanes) is 2. The fourth-order valence-electron chi connectivity index (χ4n) is 3.62. The first kappa shape index (κ1) is 22.9. The fourth-order valence-corrected chi connectivity index (χ4v) is 4.64. The van der Waals surface area contributed by atoms with E-state index in [1.165, 1.54) is 16.9 Å². The Morgan fingerprint density at radius 1 is 1.06 bits per heavy atom. The lowest BCUT2D eigenvalue weighted by atomic mass is 10.1. The highest BCUT2D eigenvalue weighted by atomic mass is 32.1. The lowest BCUT2D eigenvalue weighted by molar-refractivity contribution is 0.0985. The Bertz CT molecular complexity index is 1220. The predicted octanol–water partition coefficient (Wildman–Crippen LogP) is 6.72. The van der Waals surface area contributed by atoms with Gasteiger partial charge in [-0.2, -0.15) is 0 Å². The molecule has 4 aromatic rings. The van der Waals surface area contributed by atoms with E-state index in [-0.39, 0.29) is 5.91 Å². The van der Waals surface area contributed by atoms with Gasteiger partial charge in [0, 0.05) is 18.0 Å². The standard InChI is InChI=1S/C27H29N3O2S/c1-4-5-6-16-32-23-12-10-22(11-13-23)26(31)30(18-21-8-7-15-28-17-21)27-29-25-20(3)19(2)9-14-24(25)33-27/h7-15,17H,4-6,16,18H2,1-3H3. The molecular weight excluding hydrogens is 430 g/mol. The van der Waals surface area contributed by atoms with Crippen molar-refractivity contribution in [1.82, 2.24) is 9.97 Å². The summed E-state index contributed by atoms with van der Waals surface area (Å²) in [7, 11) is 0. The van der Waals surface area contributed by atoms with Crippen LogP contribution in [0.15, 0.2) is 60.9 Å². The number of hydrogen-bond acceptors (Lipinski definition) is 5. The van der Waals surface area contributed by atoms with Crippen LogP contribution < -0.4 is 9.64 Å². The molecule has 2 aromatic carbocycles. The molecule has 33 heavy (non-hydrogen) atoms. The van der Waals surface area contributed by atoms with E-state index in [0.717, 1.165) is 46.4 Å². The van der Waals surface area contributed by atoms with Crippen LogP contribution >= 0.6 is 11.3 Å². The SMILES string of the molecule is CCCCCOc1ccc(C(=O)N(Cc2cccnc2)c2nc3c(C)c(C)ccc3s2)cc1. The number of thiazole rings is 1. The van der Waals surface area contributed by atoms with E-state index in [4.69, 9.17) is 9.72 Å². The number of benzene rings is 2. The highest BCUT2D eigenvalue weighted by molar-refractivity contribution is 7.22. The molecule has 2 aromatic heterocycles. The zero-order valence-corrected chi connectivity index (χ0v) is 20.2. The first-order valence-electron chi connectivity index (χ1n) is 11.4. The smallest absolute Gasteiger partial charge is 0.260 e. The molecule has 0 saturated carbocycles. The van der Waals surface area contributed by atoms with Gasteiger partial charge in [-0.25, -0.2) is 4.98 Å². The van der Waals surface area contributed by atoms with Gasteiger partial charge in [0.15, 0.2) is 5.13 Å². The van der Waals surface area contributed by atoms with Crippen molar-refractivity contribution < 1.29 is 9.53 Å². The molecule has 0 unspecified atom stereocenters. The number of rotatable bonds is 9. The molecular formula is C27H29N3O2S. The van der Waals surface area contributed by atoms with E-state index < -0.39 is 0 Å². The Balaban J connectivity index is 1.62. The van der Waals surface area contributed by atoms with E-state index in [1.807, 2.05) is 36.4 Å². The average Bonchev–Trinajstić information content (AvgIpc) is 3.28. The van der Waals surface area contributed by atoms with E-state index in [1.54, 1.807) is 17.3 Å². The summed E-state index contributed by atoms with van der Waals surface area (Å²) in [4.78, 5) is 24.4. The second-order valence-electron chi connectivity index (χ2n) is 8.18. The topological polar surface area (TPSA) is 55.3 Å². The number of carbonyl (C=O) groups excluding carboxylic acids is 1. The van der Waals surface area contributed by atoms with Crippen LogP contribution in [0.3, 0.4) is 0 Å². The number of carbonyl (C=O) groups is 1. The van der Waals surface area contributed by atoms with E-state index >= 15 is 0 Å². The Morgan fingerprint density at radius 3 is 2.61 bits per heavy atom. The summed E-state index contributed by atoms with van der Waals surface area (Å²) in [5.41, 5.74) is 4.85. The first-order valence-corrected chi connectivity index (χ1v) is 12.2. The number of nitrogens with zero attached hydrogens (tertiary/aromatic N) is 3. The summed E-state index contributed by atoms with van der Waals surface area (Å²) >= 11 is 1.54. The molecule has 0 N–H and O–H groups in total. The molecule has 0 aliphatic carbocycles. The molecule has 0 aliphatic rings. The zero-order chi connectivity index (χ0) is 23.2. The van der Waals surface area contributed by atoms with Crippen molar-refractivity contribution in [3.8, 4) is 5.75 Å². The van der Waals surface area contributed by atoms with E-state index in [2.05, 4.69) is 37.9 Å². The van der Waals surface area contributed by atoms with Gasteiger partial charge in [-0.05, 0) is 73.4 Å². The van der Waals surface area contributed by atoms with Crippen molar-refractivity contribution in [2.45, 2.75) is 46.6 Å². The van der Waals surface area contributed by atoms with Crippen molar-refractivity contribution in [1.29, 1.82) is 0 Å². The maximum absolute atomic E-state index is 13.6. The fraction of sp³-hybridized carbons (Fsp3) is 0.296. The summed E-state index contributed by atoms with van der Waals surface area (Å²) in [6.45, 7) is 7.43. The van der Waals surface area contributed by atoms with Crippen LogP contribution in [0, 0.1) is 13.8 Å². The molecule has 0 spiro atoms. The van der Waals surface area contributed by atoms with Crippen molar-refractivity contribution in [3.05, 3.63) is 83.2 Å². The van der Waals surface area contributed by atoms with Crippen molar-refractivity contribution in [2.75, 3.05) is 11.5 Å². The molecule has 6 heteroatoms. The van der Waals surface area contributed by atoms with Gasteiger partial charge in [-0.15, -0.1) is 0 Å². The van der Waals surface area contributed by atoms with Gasteiger partial charge in [-0.1, -0.05) is 43.2 Å². The Kier molecular flexibility index (Phi) is 7.35. The van der Waals surface area contributed by atoms with Gasteiger partial charge >= 0.3 is 0 Å². The van der Waals surface area contributed by atoms with Crippen molar-refractivity contribution in [2.24, 2.45) is 0 Å². The third kappa shape index (κ3) is 5.40. The number of fused-ring (bicyclic) bond motifs is 1. The second kappa shape index (κ2) is 10.6.